The lowest BCUT2D eigenvalue weighted by atomic mass is 9.71. The van der Waals surface area contributed by atoms with Crippen LogP contribution in [0.1, 0.15) is 29.0 Å². The Labute approximate surface area is 227 Å². The summed E-state index contributed by atoms with van der Waals surface area (Å²) in [5.74, 6) is 0.414. The molecule has 0 bridgehead atoms. The molecule has 4 aromatic carbocycles. The molecule has 5 rings (SSSR count). The maximum atomic E-state index is 12.9. The van der Waals surface area contributed by atoms with Crippen molar-refractivity contribution in [2.24, 2.45) is 7.05 Å². The first-order valence-electron chi connectivity index (χ1n) is 12.5. The number of hydrogen-bond donors (Lipinski definition) is 1. The van der Waals surface area contributed by atoms with Gasteiger partial charge in [-0.25, -0.2) is 0 Å². The second-order valence-electron chi connectivity index (χ2n) is 10.1. The van der Waals surface area contributed by atoms with Gasteiger partial charge in [0.05, 0.1) is 7.11 Å². The zero-order chi connectivity index (χ0) is 26.2. The van der Waals surface area contributed by atoms with Crippen LogP contribution in [0.4, 0.5) is 0 Å². The average molecular weight is 558 g/mol. The monoisotopic (exact) mass is 556 g/mol. The summed E-state index contributed by atoms with van der Waals surface area (Å²) in [7, 11) is 7.85. The molecule has 4 nitrogen and oxygen atoms in total. The zero-order valence-corrected chi connectivity index (χ0v) is 23.4. The van der Waals surface area contributed by atoms with Crippen LogP contribution in [0, 0.1) is 0 Å². The third kappa shape index (κ3) is 4.91. The van der Waals surface area contributed by atoms with E-state index >= 15 is 0 Å². The molecule has 2 atom stereocenters. The number of fused-ring (bicyclic) bond motifs is 2. The van der Waals surface area contributed by atoms with Crippen LogP contribution in [-0.2, 0) is 12.6 Å². The summed E-state index contributed by atoms with van der Waals surface area (Å²) in [6, 6.07) is 29.3. The molecule has 0 aliphatic carbocycles. The number of benzene rings is 4. The molecule has 0 spiro atoms. The molecule has 190 valence electrons. The summed E-state index contributed by atoms with van der Waals surface area (Å²) in [5.41, 5.74) is 2.81. The maximum absolute atomic E-state index is 12.9. The molecule has 5 aromatic rings. The first kappa shape index (κ1) is 25.5. The van der Waals surface area contributed by atoms with E-state index in [1.165, 1.54) is 0 Å². The molecule has 1 aromatic heterocycles. The zero-order valence-electron chi connectivity index (χ0n) is 21.8. The van der Waals surface area contributed by atoms with Crippen molar-refractivity contribution in [3.63, 3.8) is 0 Å². The number of methoxy groups -OCH3 is 1. The number of aliphatic hydroxyl groups is 1. The van der Waals surface area contributed by atoms with Gasteiger partial charge in [0.2, 0.25) is 0 Å². The first-order valence-corrected chi connectivity index (χ1v) is 13.3. The predicted octanol–water partition coefficient (Wildman–Crippen LogP) is 7.07. The minimum absolute atomic E-state index is 0.357. The van der Waals surface area contributed by atoms with Gasteiger partial charge < -0.3 is 19.3 Å². The Morgan fingerprint density at radius 1 is 0.919 bits per heavy atom. The summed E-state index contributed by atoms with van der Waals surface area (Å²) in [4.78, 5) is 2.13. The number of hydrogen-bond acceptors (Lipinski definition) is 3. The van der Waals surface area contributed by atoms with Crippen molar-refractivity contribution in [3.8, 4) is 5.75 Å². The third-order valence-electron chi connectivity index (χ3n) is 7.40. The standard InChI is InChI=1S/C32H33BrN2O2/c1-34(2)17-15-32(36,26-12-10-22-14-16-35(3)29(22)21-26)31(23-8-6-5-7-9-23)28-19-25-18-27(33)13-11-24(25)20-30(28)37-4/h5-14,16,18-21,31,36H,15,17H2,1-4H3/t31-,32-/m1/s1. The molecular weight excluding hydrogens is 524 g/mol. The molecular formula is C32H33BrN2O2. The highest BCUT2D eigenvalue weighted by Gasteiger charge is 2.42. The first-order chi connectivity index (χ1) is 17.8. The van der Waals surface area contributed by atoms with Crippen molar-refractivity contribution in [2.45, 2.75) is 17.9 Å². The van der Waals surface area contributed by atoms with E-state index in [1.54, 1.807) is 7.11 Å². The van der Waals surface area contributed by atoms with Gasteiger partial charge in [-0.3, -0.25) is 0 Å². The van der Waals surface area contributed by atoms with Gasteiger partial charge in [-0.05, 0) is 84.2 Å². The minimum Gasteiger partial charge on any atom is -0.496 e. The highest BCUT2D eigenvalue weighted by molar-refractivity contribution is 9.10. The van der Waals surface area contributed by atoms with E-state index in [2.05, 4.69) is 92.3 Å². The van der Waals surface area contributed by atoms with Crippen molar-refractivity contribution >= 4 is 37.6 Å². The molecule has 1 heterocycles. The van der Waals surface area contributed by atoms with Crippen LogP contribution >= 0.6 is 15.9 Å². The fraction of sp³-hybridized carbons (Fsp3) is 0.250. The summed E-state index contributed by atoms with van der Waals surface area (Å²) in [6.45, 7) is 0.729. The van der Waals surface area contributed by atoms with Crippen LogP contribution in [0.25, 0.3) is 21.7 Å². The van der Waals surface area contributed by atoms with E-state index in [-0.39, 0.29) is 5.92 Å². The summed E-state index contributed by atoms with van der Waals surface area (Å²) in [6.07, 6.45) is 2.61. The summed E-state index contributed by atoms with van der Waals surface area (Å²) in [5, 5.41) is 16.3. The molecule has 5 heteroatoms. The predicted molar refractivity (Wildman–Crippen MR) is 156 cm³/mol. The molecule has 0 unspecified atom stereocenters. The maximum Gasteiger partial charge on any atom is 0.123 e. The van der Waals surface area contributed by atoms with E-state index in [0.29, 0.717) is 6.42 Å². The second-order valence-corrected chi connectivity index (χ2v) is 11.0. The van der Waals surface area contributed by atoms with Crippen molar-refractivity contribution in [3.05, 3.63) is 112 Å². The number of rotatable bonds is 8. The molecule has 0 radical (unpaired) electrons. The van der Waals surface area contributed by atoms with Gasteiger partial charge in [0.25, 0.3) is 0 Å². The van der Waals surface area contributed by atoms with Crippen LogP contribution in [0.15, 0.2) is 95.6 Å². The third-order valence-corrected chi connectivity index (χ3v) is 7.89. The minimum atomic E-state index is -1.20. The van der Waals surface area contributed by atoms with E-state index in [0.717, 1.165) is 55.1 Å². The van der Waals surface area contributed by atoms with Crippen LogP contribution < -0.4 is 4.74 Å². The SMILES string of the molecule is COc1cc2ccc(Br)cc2cc1[C@@H](c1ccccc1)[C@@](O)(CCN(C)C)c1ccc2ccn(C)c2c1. The van der Waals surface area contributed by atoms with Crippen LogP contribution in [0.5, 0.6) is 5.75 Å². The molecule has 37 heavy (non-hydrogen) atoms. The van der Waals surface area contributed by atoms with Crippen molar-refractivity contribution in [1.82, 2.24) is 9.47 Å². The van der Waals surface area contributed by atoms with Crippen LogP contribution in [0.2, 0.25) is 0 Å². The molecule has 0 saturated heterocycles. The fourth-order valence-electron chi connectivity index (χ4n) is 5.41. The summed E-state index contributed by atoms with van der Waals surface area (Å²) >= 11 is 3.63. The lowest BCUT2D eigenvalue weighted by Gasteiger charge is -2.39. The van der Waals surface area contributed by atoms with Gasteiger partial charge in [-0.1, -0.05) is 64.5 Å². The van der Waals surface area contributed by atoms with E-state index in [4.69, 9.17) is 4.74 Å². The molecule has 0 aliphatic heterocycles. The van der Waals surface area contributed by atoms with Gasteiger partial charge in [0, 0.05) is 41.3 Å². The van der Waals surface area contributed by atoms with Gasteiger partial charge in [0.1, 0.15) is 11.4 Å². The van der Waals surface area contributed by atoms with E-state index in [9.17, 15) is 5.11 Å². The Hall–Kier alpha value is -3.12. The number of halogens is 1. The Morgan fingerprint density at radius 3 is 2.41 bits per heavy atom. The molecule has 0 aliphatic rings. The van der Waals surface area contributed by atoms with Crippen LogP contribution in [0.3, 0.4) is 0 Å². The quantitative estimate of drug-likeness (QED) is 0.222. The Morgan fingerprint density at radius 2 is 1.68 bits per heavy atom. The highest BCUT2D eigenvalue weighted by atomic mass is 79.9. The number of ether oxygens (including phenoxy) is 1. The van der Waals surface area contributed by atoms with E-state index < -0.39 is 5.60 Å². The van der Waals surface area contributed by atoms with Gasteiger partial charge in [-0.2, -0.15) is 0 Å². The lowest BCUT2D eigenvalue weighted by molar-refractivity contribution is 0.00404. The molecule has 0 fully saturated rings. The Balaban J connectivity index is 1.80. The van der Waals surface area contributed by atoms with Crippen molar-refractivity contribution in [2.75, 3.05) is 27.7 Å². The van der Waals surface area contributed by atoms with E-state index in [1.807, 2.05) is 45.4 Å². The van der Waals surface area contributed by atoms with Crippen molar-refractivity contribution in [1.29, 1.82) is 0 Å². The number of aryl methyl sites for hydroxylation is 1. The highest BCUT2D eigenvalue weighted by Crippen LogP contribution is 2.48. The number of nitrogens with zero attached hydrogens (tertiary/aromatic N) is 2. The molecule has 0 amide bonds. The van der Waals surface area contributed by atoms with Gasteiger partial charge in [0.15, 0.2) is 0 Å². The normalized spacial score (nSPS) is 14.2. The van der Waals surface area contributed by atoms with Gasteiger partial charge in [-0.15, -0.1) is 0 Å². The summed E-state index contributed by atoms with van der Waals surface area (Å²) < 4.78 is 9.11. The molecule has 1 N–H and O–H groups in total. The fourth-order valence-corrected chi connectivity index (χ4v) is 5.79. The Bertz CT molecular complexity index is 1540. The average Bonchev–Trinajstić information content (AvgIpc) is 3.27. The van der Waals surface area contributed by atoms with Crippen LogP contribution in [-0.4, -0.2) is 42.3 Å². The Kier molecular flexibility index (Phi) is 7.13. The van der Waals surface area contributed by atoms with Crippen molar-refractivity contribution < 1.29 is 9.84 Å². The topological polar surface area (TPSA) is 37.6 Å². The van der Waals surface area contributed by atoms with Gasteiger partial charge >= 0.3 is 0 Å². The largest absolute Gasteiger partial charge is 0.496 e. The molecule has 0 saturated carbocycles. The lowest BCUT2D eigenvalue weighted by Crippen LogP contribution is -2.37. The number of aromatic nitrogens is 1. The smallest absolute Gasteiger partial charge is 0.123 e. The second kappa shape index (κ2) is 10.3.